The van der Waals surface area contributed by atoms with Gasteiger partial charge in [-0.3, -0.25) is 14.2 Å². The van der Waals surface area contributed by atoms with Crippen molar-refractivity contribution in [2.45, 2.75) is 38.5 Å². The molecule has 10 heteroatoms. The lowest BCUT2D eigenvalue weighted by Gasteiger charge is -2.26. The summed E-state index contributed by atoms with van der Waals surface area (Å²) in [5.41, 5.74) is -0.239. The van der Waals surface area contributed by atoms with Crippen LogP contribution in [0.1, 0.15) is 40.8 Å². The summed E-state index contributed by atoms with van der Waals surface area (Å²) < 4.78 is 45.3. The molecular formula is C19H17F3N4O3. The number of rotatable bonds is 3. The molecule has 1 aliphatic rings. The van der Waals surface area contributed by atoms with E-state index < -0.39 is 30.2 Å². The Balaban J connectivity index is 1.85. The second-order valence-electron chi connectivity index (χ2n) is 6.95. The fourth-order valence-corrected chi connectivity index (χ4v) is 3.71. The summed E-state index contributed by atoms with van der Waals surface area (Å²) in [6.07, 6.45) is -2.35. The molecule has 1 unspecified atom stereocenters. The lowest BCUT2D eigenvalue weighted by Crippen LogP contribution is -2.38. The van der Waals surface area contributed by atoms with Crippen LogP contribution in [-0.2, 0) is 6.54 Å². The van der Waals surface area contributed by atoms with Gasteiger partial charge in [0, 0.05) is 6.54 Å². The second-order valence-corrected chi connectivity index (χ2v) is 6.95. The minimum atomic E-state index is -4.61. The minimum absolute atomic E-state index is 0.0639. The van der Waals surface area contributed by atoms with Gasteiger partial charge in [0.15, 0.2) is 0 Å². The van der Waals surface area contributed by atoms with Crippen LogP contribution in [-0.4, -0.2) is 38.2 Å². The van der Waals surface area contributed by atoms with Gasteiger partial charge >= 0.3 is 6.18 Å². The van der Waals surface area contributed by atoms with Gasteiger partial charge < -0.3 is 9.42 Å². The smallest absolute Gasteiger partial charge is 0.361 e. The summed E-state index contributed by atoms with van der Waals surface area (Å²) in [4.78, 5) is 31.6. The third-order valence-corrected chi connectivity index (χ3v) is 5.02. The van der Waals surface area contributed by atoms with Crippen molar-refractivity contribution in [1.82, 2.24) is 19.6 Å². The Labute approximate surface area is 162 Å². The third-order valence-electron chi connectivity index (χ3n) is 5.02. The van der Waals surface area contributed by atoms with E-state index in [2.05, 4.69) is 10.1 Å². The van der Waals surface area contributed by atoms with E-state index in [4.69, 9.17) is 4.52 Å². The molecule has 1 fully saturated rings. The standard InChI is InChI=1S/C19H17F3N4O3/c1-11-13(9-23-29-11)18(28)25-8-4-7-15(25)16-24-14-6-3-2-5-12(14)17(27)26(16)10-19(20,21)22/h2-3,5-6,9,15H,4,7-8,10H2,1H3. The molecule has 0 aliphatic carbocycles. The Bertz CT molecular complexity index is 1140. The fourth-order valence-electron chi connectivity index (χ4n) is 3.71. The highest BCUT2D eigenvalue weighted by Gasteiger charge is 2.38. The SMILES string of the molecule is Cc1oncc1C(=O)N1CCCC1c1nc2ccccc2c(=O)n1CC(F)(F)F. The number of likely N-dealkylation sites (tertiary alicyclic amines) is 1. The third kappa shape index (κ3) is 3.50. The summed E-state index contributed by atoms with van der Waals surface area (Å²) in [5, 5.41) is 3.69. The van der Waals surface area contributed by atoms with Crippen LogP contribution in [0.25, 0.3) is 10.9 Å². The lowest BCUT2D eigenvalue weighted by molar-refractivity contribution is -0.141. The van der Waals surface area contributed by atoms with E-state index in [0.29, 0.717) is 35.2 Å². The van der Waals surface area contributed by atoms with E-state index in [0.717, 1.165) is 0 Å². The van der Waals surface area contributed by atoms with Gasteiger partial charge in [0.1, 0.15) is 23.7 Å². The predicted octanol–water partition coefficient (Wildman–Crippen LogP) is 3.23. The molecule has 152 valence electrons. The van der Waals surface area contributed by atoms with Crippen molar-refractivity contribution in [1.29, 1.82) is 0 Å². The summed E-state index contributed by atoms with van der Waals surface area (Å²) in [7, 11) is 0. The average molecular weight is 406 g/mol. The van der Waals surface area contributed by atoms with E-state index in [1.807, 2.05) is 0 Å². The normalized spacial score (nSPS) is 17.2. The summed E-state index contributed by atoms with van der Waals surface area (Å²) >= 11 is 0. The highest BCUT2D eigenvalue weighted by Crippen LogP contribution is 2.33. The Hall–Kier alpha value is -3.17. The number of aromatic nitrogens is 3. The molecule has 2 aromatic heterocycles. The number of fused-ring (bicyclic) bond motifs is 1. The molecule has 1 aromatic carbocycles. The molecule has 0 saturated carbocycles. The number of aryl methyl sites for hydroxylation is 1. The Morgan fingerprint density at radius 1 is 1.31 bits per heavy atom. The molecule has 29 heavy (non-hydrogen) atoms. The first-order valence-corrected chi connectivity index (χ1v) is 9.05. The van der Waals surface area contributed by atoms with Crippen molar-refractivity contribution < 1.29 is 22.5 Å². The molecule has 1 saturated heterocycles. The van der Waals surface area contributed by atoms with Gasteiger partial charge in [-0.05, 0) is 31.9 Å². The van der Waals surface area contributed by atoms with Crippen LogP contribution in [0, 0.1) is 6.92 Å². The van der Waals surface area contributed by atoms with E-state index >= 15 is 0 Å². The first-order chi connectivity index (χ1) is 13.8. The number of halogens is 3. The first kappa shape index (κ1) is 19.2. The van der Waals surface area contributed by atoms with Gasteiger partial charge in [0.25, 0.3) is 11.5 Å². The molecule has 0 N–H and O–H groups in total. The molecule has 0 spiro atoms. The maximum atomic E-state index is 13.2. The number of carbonyl (C=O) groups is 1. The number of hydrogen-bond acceptors (Lipinski definition) is 5. The Morgan fingerprint density at radius 3 is 2.76 bits per heavy atom. The number of benzene rings is 1. The molecule has 1 atom stereocenters. The fraction of sp³-hybridized carbons (Fsp3) is 0.368. The summed E-state index contributed by atoms with van der Waals surface area (Å²) in [6, 6.07) is 5.49. The number of hydrogen-bond donors (Lipinski definition) is 0. The zero-order chi connectivity index (χ0) is 20.8. The van der Waals surface area contributed by atoms with Crippen molar-refractivity contribution in [3.05, 3.63) is 58.0 Å². The van der Waals surface area contributed by atoms with Gasteiger partial charge in [-0.25, -0.2) is 4.98 Å². The van der Waals surface area contributed by atoms with Crippen LogP contribution in [0.2, 0.25) is 0 Å². The number of amides is 1. The molecule has 3 heterocycles. The first-order valence-electron chi connectivity index (χ1n) is 9.05. The number of para-hydroxylation sites is 1. The molecule has 1 amide bonds. The van der Waals surface area contributed by atoms with E-state index in [1.54, 1.807) is 25.1 Å². The Morgan fingerprint density at radius 2 is 2.07 bits per heavy atom. The molecule has 0 radical (unpaired) electrons. The van der Waals surface area contributed by atoms with E-state index in [-0.39, 0.29) is 16.8 Å². The van der Waals surface area contributed by atoms with Crippen LogP contribution in [0.5, 0.6) is 0 Å². The summed E-state index contributed by atoms with van der Waals surface area (Å²) in [5.74, 6) is -0.155. The highest BCUT2D eigenvalue weighted by atomic mass is 19.4. The van der Waals surface area contributed by atoms with Crippen molar-refractivity contribution in [2.24, 2.45) is 0 Å². The van der Waals surface area contributed by atoms with Gasteiger partial charge in [0.05, 0.1) is 23.1 Å². The zero-order valence-corrected chi connectivity index (χ0v) is 15.4. The average Bonchev–Trinajstić information content (AvgIpc) is 3.31. The van der Waals surface area contributed by atoms with Crippen molar-refractivity contribution >= 4 is 16.8 Å². The van der Waals surface area contributed by atoms with Crippen molar-refractivity contribution in [3.63, 3.8) is 0 Å². The van der Waals surface area contributed by atoms with Gasteiger partial charge in [0.2, 0.25) is 0 Å². The van der Waals surface area contributed by atoms with Gasteiger partial charge in [-0.15, -0.1) is 0 Å². The topological polar surface area (TPSA) is 81.2 Å². The molecule has 7 nitrogen and oxygen atoms in total. The van der Waals surface area contributed by atoms with E-state index in [9.17, 15) is 22.8 Å². The van der Waals surface area contributed by atoms with Crippen LogP contribution in [0.4, 0.5) is 13.2 Å². The predicted molar refractivity (Wildman–Crippen MR) is 96.3 cm³/mol. The van der Waals surface area contributed by atoms with Crippen molar-refractivity contribution in [2.75, 3.05) is 6.54 Å². The largest absolute Gasteiger partial charge is 0.406 e. The number of alkyl halides is 3. The maximum Gasteiger partial charge on any atom is 0.406 e. The lowest BCUT2D eigenvalue weighted by atomic mass is 10.1. The monoisotopic (exact) mass is 406 g/mol. The van der Waals surface area contributed by atoms with Crippen LogP contribution < -0.4 is 5.56 Å². The molecule has 1 aliphatic heterocycles. The second kappa shape index (κ2) is 7.02. The van der Waals surface area contributed by atoms with Crippen LogP contribution >= 0.6 is 0 Å². The van der Waals surface area contributed by atoms with Crippen LogP contribution in [0.3, 0.4) is 0 Å². The Kier molecular flexibility index (Phi) is 4.64. The molecule has 4 rings (SSSR count). The van der Waals surface area contributed by atoms with Crippen LogP contribution in [0.15, 0.2) is 39.8 Å². The number of carbonyl (C=O) groups excluding carboxylic acids is 1. The van der Waals surface area contributed by atoms with Gasteiger partial charge in [-0.2, -0.15) is 13.2 Å². The molecule has 3 aromatic rings. The maximum absolute atomic E-state index is 13.2. The quantitative estimate of drug-likeness (QED) is 0.667. The zero-order valence-electron chi connectivity index (χ0n) is 15.4. The molecule has 0 bridgehead atoms. The molecular weight excluding hydrogens is 389 g/mol. The van der Waals surface area contributed by atoms with E-state index in [1.165, 1.54) is 17.2 Å². The van der Waals surface area contributed by atoms with Crippen molar-refractivity contribution in [3.8, 4) is 0 Å². The number of nitrogens with zero attached hydrogens (tertiary/aromatic N) is 4. The van der Waals surface area contributed by atoms with Gasteiger partial charge in [-0.1, -0.05) is 17.3 Å². The summed E-state index contributed by atoms with van der Waals surface area (Å²) in [6.45, 7) is 0.450. The highest BCUT2D eigenvalue weighted by molar-refractivity contribution is 5.95. The minimum Gasteiger partial charge on any atom is -0.361 e.